The Morgan fingerprint density at radius 3 is 2.10 bits per heavy atom. The van der Waals surface area contributed by atoms with Crippen molar-refractivity contribution in [3.05, 3.63) is 0 Å². The zero-order valence-electron chi connectivity index (χ0n) is 19.2. The van der Waals surface area contributed by atoms with Gasteiger partial charge < -0.3 is 30.5 Å². The van der Waals surface area contributed by atoms with Gasteiger partial charge in [0.15, 0.2) is 6.29 Å². The van der Waals surface area contributed by atoms with E-state index in [0.717, 1.165) is 16.7 Å². The average Bonchev–Trinajstić information content (AvgIpc) is 2.68. The second kappa shape index (κ2) is 14.7. The van der Waals surface area contributed by atoms with Crippen molar-refractivity contribution >= 4 is 0 Å². The molecule has 1 rings (SSSR count). The summed E-state index contributed by atoms with van der Waals surface area (Å²) < 4.78 is 5.82. The Bertz CT molecular complexity index is 435. The third-order valence-corrected chi connectivity index (χ3v) is 6.07. The van der Waals surface area contributed by atoms with Gasteiger partial charge >= 0.3 is 0 Å². The van der Waals surface area contributed by atoms with Crippen molar-refractivity contribution in [2.24, 2.45) is 11.8 Å². The third-order valence-electron chi connectivity index (χ3n) is 6.07. The summed E-state index contributed by atoms with van der Waals surface area (Å²) in [6, 6.07) is -1.27. The molecule has 1 aliphatic carbocycles. The van der Waals surface area contributed by atoms with E-state index >= 15 is 0 Å². The highest BCUT2D eigenvalue weighted by molar-refractivity contribution is 4.78. The van der Waals surface area contributed by atoms with Crippen molar-refractivity contribution in [2.45, 2.75) is 96.7 Å². The lowest BCUT2D eigenvalue weighted by Crippen LogP contribution is -2.51. The van der Waals surface area contributed by atoms with E-state index in [-0.39, 0.29) is 24.9 Å². The zero-order chi connectivity index (χ0) is 22.7. The molecule has 0 radical (unpaired) electrons. The van der Waals surface area contributed by atoms with Crippen LogP contribution in [-0.2, 0) is 4.74 Å². The van der Waals surface area contributed by atoms with Crippen molar-refractivity contribution in [3.63, 3.8) is 0 Å². The van der Waals surface area contributed by atoms with Gasteiger partial charge in [0.25, 0.3) is 0 Å². The summed E-state index contributed by atoms with van der Waals surface area (Å²) in [6.45, 7) is 8.98. The second-order valence-electron chi connectivity index (χ2n) is 9.19. The summed E-state index contributed by atoms with van der Waals surface area (Å²) in [5.41, 5.74) is 0. The molecule has 0 aromatic heterocycles. The Morgan fingerprint density at radius 2 is 1.57 bits per heavy atom. The summed E-state index contributed by atoms with van der Waals surface area (Å²) in [7, 11) is 0. The molecule has 0 aromatic carbocycles. The van der Waals surface area contributed by atoms with Gasteiger partial charge in [0.2, 0.25) is 0 Å². The largest absolute Gasteiger partial charge is 0.392 e. The van der Waals surface area contributed by atoms with Gasteiger partial charge in [-0.05, 0) is 38.5 Å². The van der Waals surface area contributed by atoms with Gasteiger partial charge in [-0.15, -0.1) is 0 Å². The number of aliphatic hydroxyl groups excluding tert-OH is 2. The molecule has 0 amide bonds. The number of hydrogen-bond acceptors (Lipinski definition) is 9. The molecule has 0 spiro atoms. The van der Waals surface area contributed by atoms with E-state index in [4.69, 9.17) is 14.9 Å². The number of ether oxygens (including phenoxy) is 1. The minimum Gasteiger partial charge on any atom is -0.392 e. The minimum absolute atomic E-state index is 0.00257. The van der Waals surface area contributed by atoms with Crippen LogP contribution in [0, 0.1) is 11.8 Å². The van der Waals surface area contributed by atoms with E-state index in [9.17, 15) is 15.5 Å². The van der Waals surface area contributed by atoms with Crippen molar-refractivity contribution in [1.82, 2.24) is 15.4 Å². The SMILES string of the molecule is CC(C)C(CN(O)C(C)CN(O)C(CC(O)O)C(C)O)NCOCC1CCCCC1. The molecule has 1 fully saturated rings. The van der Waals surface area contributed by atoms with Gasteiger partial charge in [0, 0.05) is 31.6 Å². The molecule has 0 aliphatic heterocycles. The lowest BCUT2D eigenvalue weighted by Gasteiger charge is -2.34. The monoisotopic (exact) mass is 435 g/mol. The van der Waals surface area contributed by atoms with E-state index in [1.165, 1.54) is 39.0 Å². The first-order chi connectivity index (χ1) is 14.1. The fourth-order valence-corrected chi connectivity index (χ4v) is 3.92. The van der Waals surface area contributed by atoms with Crippen LogP contribution in [0.15, 0.2) is 0 Å². The van der Waals surface area contributed by atoms with Gasteiger partial charge in [-0.3, -0.25) is 5.32 Å². The van der Waals surface area contributed by atoms with Crippen LogP contribution < -0.4 is 5.32 Å². The van der Waals surface area contributed by atoms with E-state index in [1.54, 1.807) is 6.92 Å². The van der Waals surface area contributed by atoms with Gasteiger partial charge in [0.1, 0.15) is 0 Å². The number of rotatable bonds is 15. The van der Waals surface area contributed by atoms with Crippen LogP contribution in [0.2, 0.25) is 0 Å². The summed E-state index contributed by atoms with van der Waals surface area (Å²) in [6.07, 6.45) is 3.62. The Balaban J connectivity index is 2.43. The Morgan fingerprint density at radius 1 is 0.933 bits per heavy atom. The highest BCUT2D eigenvalue weighted by Crippen LogP contribution is 2.23. The zero-order valence-corrected chi connectivity index (χ0v) is 19.2. The molecule has 6 N–H and O–H groups in total. The maximum absolute atomic E-state index is 10.5. The first kappa shape index (κ1) is 27.7. The van der Waals surface area contributed by atoms with E-state index in [1.807, 2.05) is 0 Å². The van der Waals surface area contributed by atoms with Crippen LogP contribution in [0.25, 0.3) is 0 Å². The van der Waals surface area contributed by atoms with Crippen LogP contribution in [-0.4, -0.2) is 92.8 Å². The molecule has 9 heteroatoms. The third kappa shape index (κ3) is 10.8. The van der Waals surface area contributed by atoms with E-state index in [2.05, 4.69) is 19.2 Å². The van der Waals surface area contributed by atoms with Crippen molar-refractivity contribution in [2.75, 3.05) is 26.4 Å². The van der Waals surface area contributed by atoms with Crippen LogP contribution in [0.5, 0.6) is 0 Å². The molecule has 30 heavy (non-hydrogen) atoms. The fraction of sp³-hybridized carbons (Fsp3) is 1.00. The number of aliphatic hydroxyl groups is 3. The maximum Gasteiger partial charge on any atom is 0.153 e. The predicted molar refractivity (Wildman–Crippen MR) is 114 cm³/mol. The smallest absolute Gasteiger partial charge is 0.153 e. The van der Waals surface area contributed by atoms with E-state index < -0.39 is 24.5 Å². The summed E-state index contributed by atoms with van der Waals surface area (Å²) >= 11 is 0. The molecule has 1 saturated carbocycles. The maximum atomic E-state index is 10.5. The van der Waals surface area contributed by atoms with Gasteiger partial charge in [-0.2, -0.15) is 10.1 Å². The molecular weight excluding hydrogens is 390 g/mol. The van der Waals surface area contributed by atoms with Gasteiger partial charge in [0.05, 0.1) is 25.5 Å². The van der Waals surface area contributed by atoms with Crippen LogP contribution >= 0.6 is 0 Å². The summed E-state index contributed by atoms with van der Waals surface area (Å²) in [4.78, 5) is 0. The van der Waals surface area contributed by atoms with Crippen LogP contribution in [0.1, 0.15) is 66.2 Å². The molecule has 0 saturated heterocycles. The molecule has 9 nitrogen and oxygen atoms in total. The Hall–Kier alpha value is -0.360. The first-order valence-corrected chi connectivity index (χ1v) is 11.4. The number of nitrogens with zero attached hydrogens (tertiary/aromatic N) is 2. The Kier molecular flexibility index (Phi) is 13.5. The number of hydroxylamine groups is 4. The average molecular weight is 436 g/mol. The molecule has 0 bridgehead atoms. The van der Waals surface area contributed by atoms with E-state index in [0.29, 0.717) is 19.2 Å². The summed E-state index contributed by atoms with van der Waals surface area (Å²) in [5, 5.41) is 54.3. The lowest BCUT2D eigenvalue weighted by atomic mass is 9.90. The van der Waals surface area contributed by atoms with Crippen molar-refractivity contribution < 1.29 is 30.5 Å². The molecule has 180 valence electrons. The van der Waals surface area contributed by atoms with Gasteiger partial charge in [-0.1, -0.05) is 33.1 Å². The van der Waals surface area contributed by atoms with Crippen LogP contribution in [0.4, 0.5) is 0 Å². The molecule has 1 aliphatic rings. The van der Waals surface area contributed by atoms with Crippen molar-refractivity contribution in [3.8, 4) is 0 Å². The number of nitrogens with one attached hydrogen (secondary N) is 1. The molecule has 4 atom stereocenters. The second-order valence-corrected chi connectivity index (χ2v) is 9.19. The van der Waals surface area contributed by atoms with Crippen LogP contribution in [0.3, 0.4) is 0 Å². The minimum atomic E-state index is -1.64. The quantitative estimate of drug-likeness (QED) is 0.128. The van der Waals surface area contributed by atoms with Crippen molar-refractivity contribution in [1.29, 1.82) is 0 Å². The van der Waals surface area contributed by atoms with Gasteiger partial charge in [-0.25, -0.2) is 0 Å². The Labute approximate surface area is 181 Å². The molecular formula is C21H45N3O6. The standard InChI is InChI=1S/C21H45N3O6/c1-15(2)19(22-14-30-13-18-8-6-5-7-9-18)12-23(28)16(3)11-24(29)20(17(4)25)10-21(26)27/h15-22,25-29H,5-14H2,1-4H3. The summed E-state index contributed by atoms with van der Waals surface area (Å²) in [5.74, 6) is 0.923. The topological polar surface area (TPSA) is 129 Å². The molecule has 4 unspecified atom stereocenters. The normalized spacial score (nSPS) is 20.3. The molecule has 0 heterocycles. The fourth-order valence-electron chi connectivity index (χ4n) is 3.92. The lowest BCUT2D eigenvalue weighted by molar-refractivity contribution is -0.206. The predicted octanol–water partition coefficient (Wildman–Crippen LogP) is 1.38. The highest BCUT2D eigenvalue weighted by Gasteiger charge is 2.28. The highest BCUT2D eigenvalue weighted by atomic mass is 16.5. The first-order valence-electron chi connectivity index (χ1n) is 11.4. The number of hydrogen-bond donors (Lipinski definition) is 6. The molecule has 0 aromatic rings.